The maximum atomic E-state index is 8.52. The number of rotatable bonds is 3. The minimum absolute atomic E-state index is 0.288. The molecule has 160 valence electrons. The molecular weight excluding hydrogens is 388 g/mol. The zero-order valence-electron chi connectivity index (χ0n) is 23.9. The van der Waals surface area contributed by atoms with Gasteiger partial charge in [0.2, 0.25) is 0 Å². The Labute approximate surface area is 197 Å². The van der Waals surface area contributed by atoms with E-state index in [1.54, 1.807) is 30.5 Å². The zero-order valence-corrected chi connectivity index (χ0v) is 18.9. The molecule has 0 amide bonds. The zero-order chi connectivity index (χ0) is 26.8. The van der Waals surface area contributed by atoms with Crippen molar-refractivity contribution in [3.05, 3.63) is 90.1 Å². The number of nitrogens with zero attached hydrogens (tertiary/aromatic N) is 2. The Morgan fingerprint density at radius 2 is 1.66 bits per heavy atom. The molecule has 0 spiro atoms. The molecular formula is C30H30N2. The third-order valence-electron chi connectivity index (χ3n) is 5.82. The van der Waals surface area contributed by atoms with E-state index in [0.717, 1.165) is 32.9 Å². The molecule has 32 heavy (non-hydrogen) atoms. The predicted molar refractivity (Wildman–Crippen MR) is 137 cm³/mol. The summed E-state index contributed by atoms with van der Waals surface area (Å²) in [7, 11) is 2.04. The molecule has 2 nitrogen and oxygen atoms in total. The summed E-state index contributed by atoms with van der Waals surface area (Å²) in [5, 5.41) is 2.20. The van der Waals surface area contributed by atoms with Gasteiger partial charge in [0.25, 0.3) is 0 Å². The third kappa shape index (κ3) is 3.71. The summed E-state index contributed by atoms with van der Waals surface area (Å²) in [6.07, 6.45) is 0.0444. The largest absolute Gasteiger partial charge is 0.344 e. The highest BCUT2D eigenvalue weighted by Crippen LogP contribution is 2.34. The van der Waals surface area contributed by atoms with E-state index in [-0.39, 0.29) is 5.56 Å². The Morgan fingerprint density at radius 1 is 0.875 bits per heavy atom. The number of para-hydroxylation sites is 1. The summed E-state index contributed by atoms with van der Waals surface area (Å²) < 4.78 is 43.7. The second kappa shape index (κ2) is 7.63. The Hall–Kier alpha value is -3.39. The van der Waals surface area contributed by atoms with Crippen molar-refractivity contribution in [1.29, 1.82) is 0 Å². The van der Waals surface area contributed by atoms with Gasteiger partial charge in [0.1, 0.15) is 0 Å². The maximum Gasteiger partial charge on any atom is 0.0702 e. The Kier molecular flexibility index (Phi) is 3.68. The quantitative estimate of drug-likeness (QED) is 0.288. The Bertz CT molecular complexity index is 1620. The number of benzene rings is 3. The van der Waals surface area contributed by atoms with Gasteiger partial charge < -0.3 is 4.57 Å². The first-order chi connectivity index (χ1) is 17.3. The molecule has 0 aliphatic rings. The van der Waals surface area contributed by atoms with Gasteiger partial charge in [-0.25, -0.2) is 0 Å². The first kappa shape index (κ1) is 15.4. The average molecular weight is 424 g/mol. The van der Waals surface area contributed by atoms with E-state index in [0.29, 0.717) is 16.8 Å². The molecule has 5 aromatic rings. The first-order valence-corrected chi connectivity index (χ1v) is 10.9. The highest BCUT2D eigenvalue weighted by Gasteiger charge is 2.13. The smallest absolute Gasteiger partial charge is 0.0702 e. The monoisotopic (exact) mass is 423 g/mol. The molecule has 3 aromatic carbocycles. The number of hydrogen-bond donors (Lipinski definition) is 0. The molecule has 2 heterocycles. The summed E-state index contributed by atoms with van der Waals surface area (Å²) >= 11 is 0. The summed E-state index contributed by atoms with van der Waals surface area (Å²) in [5.74, 6) is 0. The van der Waals surface area contributed by atoms with Crippen LogP contribution in [0.15, 0.2) is 79.0 Å². The van der Waals surface area contributed by atoms with Crippen LogP contribution < -0.4 is 0 Å². The van der Waals surface area contributed by atoms with E-state index in [2.05, 4.69) is 27.8 Å². The number of pyridine rings is 1. The lowest BCUT2D eigenvalue weighted by Crippen LogP contribution is -2.09. The normalized spacial score (nSPS) is 15.2. The highest BCUT2D eigenvalue weighted by molar-refractivity contribution is 6.09. The van der Waals surface area contributed by atoms with Crippen molar-refractivity contribution in [3.63, 3.8) is 0 Å². The van der Waals surface area contributed by atoms with Crippen molar-refractivity contribution in [2.24, 2.45) is 12.5 Å². The van der Waals surface area contributed by atoms with Crippen molar-refractivity contribution >= 4 is 21.8 Å². The Morgan fingerprint density at radius 3 is 2.41 bits per heavy atom. The molecule has 0 unspecified atom stereocenters. The molecule has 0 aliphatic carbocycles. The van der Waals surface area contributed by atoms with Crippen LogP contribution in [0.1, 0.15) is 38.8 Å². The number of aromatic nitrogens is 2. The number of aryl methyl sites for hydroxylation is 2. The van der Waals surface area contributed by atoms with Gasteiger partial charge in [-0.05, 0) is 71.2 Å². The van der Waals surface area contributed by atoms with E-state index < -0.39 is 18.6 Å². The van der Waals surface area contributed by atoms with E-state index in [1.165, 1.54) is 0 Å². The average Bonchev–Trinajstić information content (AvgIpc) is 3.14. The molecule has 0 N–H and O–H groups in total. The van der Waals surface area contributed by atoms with Gasteiger partial charge in [0, 0.05) is 47.5 Å². The van der Waals surface area contributed by atoms with Crippen LogP contribution in [0.5, 0.6) is 0 Å². The standard InChI is InChI=1S/C30H30N2/c1-20-10-12-23(27-14-11-21(19-31-27)18-30(2,3)4)17-25(20)22-13-15-29-26(16-22)24-8-6-7-9-28(24)32(29)5/h6-17,19H,18H2,1-5H3/i1D3,18D2. The highest BCUT2D eigenvalue weighted by atomic mass is 14.9. The third-order valence-corrected chi connectivity index (χ3v) is 5.82. The minimum Gasteiger partial charge on any atom is -0.344 e. The van der Waals surface area contributed by atoms with E-state index in [9.17, 15) is 0 Å². The molecule has 0 saturated carbocycles. The van der Waals surface area contributed by atoms with E-state index in [4.69, 9.17) is 6.85 Å². The topological polar surface area (TPSA) is 17.8 Å². The summed E-state index contributed by atoms with van der Waals surface area (Å²) in [5.41, 5.74) is 5.36. The van der Waals surface area contributed by atoms with Gasteiger partial charge >= 0.3 is 0 Å². The molecule has 0 bridgehead atoms. The van der Waals surface area contributed by atoms with Crippen LogP contribution in [0, 0.1) is 12.3 Å². The van der Waals surface area contributed by atoms with Crippen molar-refractivity contribution in [3.8, 4) is 22.4 Å². The van der Waals surface area contributed by atoms with Crippen LogP contribution in [0.4, 0.5) is 0 Å². The molecule has 5 rings (SSSR count). The van der Waals surface area contributed by atoms with Crippen molar-refractivity contribution in [2.75, 3.05) is 0 Å². The lowest BCUT2D eigenvalue weighted by molar-refractivity contribution is 0.411. The van der Waals surface area contributed by atoms with Crippen molar-refractivity contribution in [2.45, 2.75) is 34.0 Å². The Balaban J connectivity index is 1.65. The molecule has 2 aromatic heterocycles. The lowest BCUT2D eigenvalue weighted by atomic mass is 9.88. The van der Waals surface area contributed by atoms with Gasteiger partial charge in [-0.15, -0.1) is 0 Å². The van der Waals surface area contributed by atoms with Crippen molar-refractivity contribution < 1.29 is 6.85 Å². The van der Waals surface area contributed by atoms with Crippen LogP contribution in [0.25, 0.3) is 44.2 Å². The van der Waals surface area contributed by atoms with Gasteiger partial charge in [0.05, 0.1) is 5.69 Å². The molecule has 0 atom stereocenters. The summed E-state index contributed by atoms with van der Waals surface area (Å²) in [6, 6.07) is 23.2. The van der Waals surface area contributed by atoms with Crippen LogP contribution in [-0.4, -0.2) is 9.55 Å². The first-order valence-electron chi connectivity index (χ1n) is 13.4. The van der Waals surface area contributed by atoms with E-state index in [1.807, 2.05) is 58.2 Å². The predicted octanol–water partition coefficient (Wildman–Crippen LogP) is 7.96. The SMILES string of the molecule is [2H]C([2H])([2H])c1ccc(-c2ccc(C([2H])([2H])C(C)(C)C)cn2)cc1-c1ccc2c(c1)c1ccccc1n2C. The van der Waals surface area contributed by atoms with Gasteiger partial charge in [-0.1, -0.05) is 63.2 Å². The molecule has 2 heteroatoms. The fraction of sp³-hybridized carbons (Fsp3) is 0.233. The molecule has 0 aliphatic heterocycles. The molecule has 0 radical (unpaired) electrons. The molecule has 0 saturated heterocycles. The number of fused-ring (bicyclic) bond motifs is 3. The summed E-state index contributed by atoms with van der Waals surface area (Å²) in [6.45, 7) is 3.33. The molecule has 0 fully saturated rings. The second-order valence-electron chi connectivity index (χ2n) is 9.38. The summed E-state index contributed by atoms with van der Waals surface area (Å²) in [4.78, 5) is 4.57. The van der Waals surface area contributed by atoms with Gasteiger partial charge in [0.15, 0.2) is 0 Å². The van der Waals surface area contributed by atoms with Crippen LogP contribution in [0.3, 0.4) is 0 Å². The van der Waals surface area contributed by atoms with Crippen LogP contribution in [0.2, 0.25) is 0 Å². The second-order valence-corrected chi connectivity index (χ2v) is 9.38. The fourth-order valence-electron chi connectivity index (χ4n) is 4.35. The lowest BCUT2D eigenvalue weighted by Gasteiger charge is -2.18. The van der Waals surface area contributed by atoms with Crippen LogP contribution in [-0.2, 0) is 13.4 Å². The van der Waals surface area contributed by atoms with Gasteiger partial charge in [-0.3, -0.25) is 4.98 Å². The van der Waals surface area contributed by atoms with E-state index >= 15 is 0 Å². The maximum absolute atomic E-state index is 8.52. The fourth-order valence-corrected chi connectivity index (χ4v) is 4.35. The number of hydrogen-bond acceptors (Lipinski definition) is 1. The van der Waals surface area contributed by atoms with Crippen LogP contribution >= 0.6 is 0 Å². The van der Waals surface area contributed by atoms with Gasteiger partial charge in [-0.2, -0.15) is 0 Å². The van der Waals surface area contributed by atoms with Crippen molar-refractivity contribution in [1.82, 2.24) is 9.55 Å². The minimum atomic E-state index is -2.28.